The van der Waals surface area contributed by atoms with Crippen molar-refractivity contribution in [2.45, 2.75) is 20.1 Å². The second-order valence-electron chi connectivity index (χ2n) is 10.6. The van der Waals surface area contributed by atoms with Crippen LogP contribution in [0.3, 0.4) is 0 Å². The summed E-state index contributed by atoms with van der Waals surface area (Å²) in [5.41, 5.74) is 4.52. The lowest BCUT2D eigenvalue weighted by atomic mass is 9.93. The molecule has 4 aromatic carbocycles. The van der Waals surface area contributed by atoms with Crippen molar-refractivity contribution in [1.82, 2.24) is 14.7 Å². The van der Waals surface area contributed by atoms with Crippen LogP contribution in [-0.4, -0.2) is 26.5 Å². The second-order valence-corrected chi connectivity index (χ2v) is 11.1. The molecular weight excluding hydrogens is 603 g/mol. The van der Waals surface area contributed by atoms with E-state index in [2.05, 4.69) is 0 Å². The molecule has 0 saturated heterocycles. The Morgan fingerprint density at radius 1 is 0.913 bits per heavy atom. The summed E-state index contributed by atoms with van der Waals surface area (Å²) in [5, 5.41) is 15.4. The van der Waals surface area contributed by atoms with Crippen molar-refractivity contribution in [3.63, 3.8) is 0 Å². The van der Waals surface area contributed by atoms with E-state index in [1.165, 1.54) is 24.3 Å². The first-order chi connectivity index (χ1) is 22.3. The van der Waals surface area contributed by atoms with Gasteiger partial charge in [0, 0.05) is 27.9 Å². The van der Waals surface area contributed by atoms with Crippen LogP contribution in [0, 0.1) is 17.1 Å². The Kier molecular flexibility index (Phi) is 8.59. The summed E-state index contributed by atoms with van der Waals surface area (Å²) in [4.78, 5) is 28.1. The molecule has 0 fully saturated rings. The van der Waals surface area contributed by atoms with E-state index in [1.807, 2.05) is 84.9 Å². The van der Waals surface area contributed by atoms with Crippen LogP contribution in [0.15, 0.2) is 126 Å². The molecule has 0 radical (unpaired) electrons. The highest BCUT2D eigenvalue weighted by molar-refractivity contribution is 6.30. The van der Waals surface area contributed by atoms with Gasteiger partial charge in [0.05, 0.1) is 12.2 Å². The number of imide groups is 1. The standard InChI is InChI=1S/C37H26ClFN4O3/c1-24-33(36(44)42(37(45)34(24)20-40)21-25-12-16-30(39)17-13-25)19-28-22-43(31-7-3-2-4-8-31)41-35(28)27-6-5-9-32(18-27)46-23-26-10-14-29(38)15-11-26/h2-19,22H,21,23H2,1H3/b33-19+. The number of aromatic nitrogens is 2. The van der Waals surface area contributed by atoms with Crippen LogP contribution in [-0.2, 0) is 22.7 Å². The molecule has 1 aromatic heterocycles. The number of ether oxygens (including phenoxy) is 1. The maximum atomic E-state index is 13.9. The number of halogens is 2. The maximum Gasteiger partial charge on any atom is 0.271 e. The van der Waals surface area contributed by atoms with E-state index in [9.17, 15) is 19.2 Å². The first-order valence-electron chi connectivity index (χ1n) is 14.4. The minimum atomic E-state index is -0.697. The van der Waals surface area contributed by atoms with Gasteiger partial charge >= 0.3 is 0 Å². The van der Waals surface area contributed by atoms with Crippen LogP contribution in [0.4, 0.5) is 4.39 Å². The van der Waals surface area contributed by atoms with E-state index in [0.29, 0.717) is 34.2 Å². The highest BCUT2D eigenvalue weighted by Crippen LogP contribution is 2.33. The van der Waals surface area contributed by atoms with E-state index in [1.54, 1.807) is 23.9 Å². The Morgan fingerprint density at radius 3 is 2.35 bits per heavy atom. The van der Waals surface area contributed by atoms with Gasteiger partial charge in [-0.05, 0) is 78.2 Å². The van der Waals surface area contributed by atoms with Gasteiger partial charge in [0.15, 0.2) is 0 Å². The van der Waals surface area contributed by atoms with E-state index in [-0.39, 0.29) is 23.3 Å². The highest BCUT2D eigenvalue weighted by Gasteiger charge is 2.35. The number of para-hydroxylation sites is 1. The average Bonchev–Trinajstić information content (AvgIpc) is 3.50. The van der Waals surface area contributed by atoms with Gasteiger partial charge in [-0.2, -0.15) is 10.4 Å². The molecule has 6 rings (SSSR count). The molecule has 0 bridgehead atoms. The van der Waals surface area contributed by atoms with E-state index < -0.39 is 17.6 Å². The monoisotopic (exact) mass is 628 g/mol. The van der Waals surface area contributed by atoms with Crippen LogP contribution >= 0.6 is 11.6 Å². The molecular formula is C37H26ClFN4O3. The molecule has 5 aromatic rings. The van der Waals surface area contributed by atoms with Gasteiger partial charge < -0.3 is 4.74 Å². The third kappa shape index (κ3) is 6.36. The zero-order valence-electron chi connectivity index (χ0n) is 24.7. The average molecular weight is 629 g/mol. The quantitative estimate of drug-likeness (QED) is 0.130. The molecule has 0 unspecified atom stereocenters. The first-order valence-corrected chi connectivity index (χ1v) is 14.7. The minimum absolute atomic E-state index is 0.114. The number of benzene rings is 4. The fraction of sp³-hybridized carbons (Fsp3) is 0.0811. The number of hydrogen-bond donors (Lipinski definition) is 0. The van der Waals surface area contributed by atoms with Gasteiger partial charge in [-0.3, -0.25) is 14.5 Å². The molecule has 0 atom stereocenters. The van der Waals surface area contributed by atoms with Gasteiger partial charge in [0.25, 0.3) is 11.8 Å². The fourth-order valence-electron chi connectivity index (χ4n) is 5.11. The van der Waals surface area contributed by atoms with Crippen LogP contribution in [0.1, 0.15) is 23.6 Å². The van der Waals surface area contributed by atoms with Gasteiger partial charge in [0.1, 0.15) is 35.5 Å². The summed E-state index contributed by atoms with van der Waals surface area (Å²) in [7, 11) is 0. The summed E-state index contributed by atoms with van der Waals surface area (Å²) in [6.45, 7) is 1.81. The lowest BCUT2D eigenvalue weighted by molar-refractivity contribution is -0.141. The van der Waals surface area contributed by atoms with Crippen LogP contribution < -0.4 is 4.74 Å². The van der Waals surface area contributed by atoms with Crippen molar-refractivity contribution >= 4 is 29.5 Å². The fourth-order valence-corrected chi connectivity index (χ4v) is 5.24. The van der Waals surface area contributed by atoms with Crippen LogP contribution in [0.2, 0.25) is 5.02 Å². The third-order valence-electron chi connectivity index (χ3n) is 7.57. The van der Waals surface area contributed by atoms with Gasteiger partial charge in [-0.15, -0.1) is 0 Å². The lowest BCUT2D eigenvalue weighted by Crippen LogP contribution is -2.42. The maximum absolute atomic E-state index is 13.9. The number of hydrogen-bond acceptors (Lipinski definition) is 5. The van der Waals surface area contributed by atoms with Gasteiger partial charge in [0.2, 0.25) is 0 Å². The molecule has 226 valence electrons. The minimum Gasteiger partial charge on any atom is -0.489 e. The predicted molar refractivity (Wildman–Crippen MR) is 173 cm³/mol. The molecule has 7 nitrogen and oxygen atoms in total. The molecule has 46 heavy (non-hydrogen) atoms. The van der Waals surface area contributed by atoms with Crippen molar-refractivity contribution in [2.75, 3.05) is 0 Å². The Balaban J connectivity index is 1.41. The number of rotatable bonds is 8. The number of nitriles is 1. The van der Waals surface area contributed by atoms with Crippen molar-refractivity contribution < 1.29 is 18.7 Å². The first kappa shape index (κ1) is 30.3. The molecule has 2 heterocycles. The molecule has 2 amide bonds. The number of carbonyl (C=O) groups is 2. The normalized spacial score (nSPS) is 14.1. The summed E-state index contributed by atoms with van der Waals surface area (Å²) < 4.78 is 21.3. The zero-order chi connectivity index (χ0) is 32.2. The molecule has 0 N–H and O–H groups in total. The Morgan fingerprint density at radius 2 is 1.63 bits per heavy atom. The van der Waals surface area contributed by atoms with E-state index in [0.717, 1.165) is 21.7 Å². The Bertz CT molecular complexity index is 2040. The topological polar surface area (TPSA) is 88.2 Å². The Labute approximate surface area is 270 Å². The van der Waals surface area contributed by atoms with Gasteiger partial charge in [-0.25, -0.2) is 9.07 Å². The summed E-state index contributed by atoms with van der Waals surface area (Å²) in [6, 6.07) is 31.9. The van der Waals surface area contributed by atoms with E-state index in [4.69, 9.17) is 21.4 Å². The van der Waals surface area contributed by atoms with Crippen LogP contribution in [0.5, 0.6) is 5.75 Å². The van der Waals surface area contributed by atoms with Crippen molar-refractivity contribution in [1.29, 1.82) is 5.26 Å². The van der Waals surface area contributed by atoms with Gasteiger partial charge in [-0.1, -0.05) is 66.2 Å². The SMILES string of the molecule is CC1=C(C#N)C(=O)N(Cc2ccc(F)cc2)C(=O)/C1=C/c1cn(-c2ccccc2)nc1-c1cccc(OCc2ccc(Cl)cc2)c1. The summed E-state index contributed by atoms with van der Waals surface area (Å²) in [6.07, 6.45) is 3.45. The van der Waals surface area contributed by atoms with Crippen molar-refractivity contribution in [3.05, 3.63) is 154 Å². The zero-order valence-corrected chi connectivity index (χ0v) is 25.4. The molecule has 0 aliphatic carbocycles. The Hall–Kier alpha value is -5.78. The molecule has 1 aliphatic rings. The second kappa shape index (κ2) is 13.1. The summed E-state index contributed by atoms with van der Waals surface area (Å²) >= 11 is 6.01. The van der Waals surface area contributed by atoms with Crippen molar-refractivity contribution in [3.8, 4) is 28.8 Å². The van der Waals surface area contributed by atoms with Crippen molar-refractivity contribution in [2.24, 2.45) is 0 Å². The molecule has 0 spiro atoms. The number of carbonyl (C=O) groups excluding carboxylic acids is 2. The molecule has 9 heteroatoms. The largest absolute Gasteiger partial charge is 0.489 e. The number of nitrogens with zero attached hydrogens (tertiary/aromatic N) is 4. The molecule has 1 aliphatic heterocycles. The number of amides is 2. The summed E-state index contributed by atoms with van der Waals surface area (Å²) in [5.74, 6) is -1.08. The molecule has 0 saturated carbocycles. The highest BCUT2D eigenvalue weighted by atomic mass is 35.5. The smallest absolute Gasteiger partial charge is 0.271 e. The third-order valence-corrected chi connectivity index (χ3v) is 7.82. The predicted octanol–water partition coefficient (Wildman–Crippen LogP) is 7.70. The van der Waals surface area contributed by atoms with Crippen LogP contribution in [0.25, 0.3) is 23.0 Å². The lowest BCUT2D eigenvalue weighted by Gasteiger charge is -2.27. The van der Waals surface area contributed by atoms with E-state index >= 15 is 0 Å².